The summed E-state index contributed by atoms with van der Waals surface area (Å²) in [5, 5.41) is 12.3. The van der Waals surface area contributed by atoms with Crippen LogP contribution < -0.4 is 5.32 Å². The van der Waals surface area contributed by atoms with Crippen LogP contribution in [0.15, 0.2) is 6.20 Å². The van der Waals surface area contributed by atoms with Crippen LogP contribution in [0.25, 0.3) is 5.65 Å². The van der Waals surface area contributed by atoms with Crippen molar-refractivity contribution in [1.82, 2.24) is 23.9 Å². The molecule has 0 radical (unpaired) electrons. The van der Waals surface area contributed by atoms with Gasteiger partial charge < -0.3 is 5.32 Å². The quantitative estimate of drug-likeness (QED) is 0.839. The number of sulfonamides is 1. The number of fused-ring (bicyclic) bond motifs is 6. The average molecular weight is 403 g/mol. The number of rotatable bonds is 4. The summed E-state index contributed by atoms with van der Waals surface area (Å²) >= 11 is 0. The third-order valence-electron chi connectivity index (χ3n) is 7.87. The second-order valence-electron chi connectivity index (χ2n) is 9.16. The molecule has 9 heteroatoms. The lowest BCUT2D eigenvalue weighted by Gasteiger charge is -2.55. The van der Waals surface area contributed by atoms with E-state index in [1.165, 1.54) is 5.69 Å². The fourth-order valence-corrected chi connectivity index (χ4v) is 7.80. The maximum atomic E-state index is 12.9. The third-order valence-corrected chi connectivity index (χ3v) is 10.3. The SMILES string of the molecule is CN(C12CCC(c3nnc4cnc5c(n34)CCN5)(CC1)CC2)S(=O)(=O)C1CC1. The molecule has 1 aliphatic heterocycles. The van der Waals surface area contributed by atoms with Crippen molar-refractivity contribution >= 4 is 21.5 Å². The summed E-state index contributed by atoms with van der Waals surface area (Å²) in [7, 11) is -1.32. The minimum absolute atomic E-state index is 0.00304. The molecule has 28 heavy (non-hydrogen) atoms. The first kappa shape index (κ1) is 17.1. The van der Waals surface area contributed by atoms with E-state index in [1.807, 2.05) is 7.05 Å². The van der Waals surface area contributed by atoms with Gasteiger partial charge >= 0.3 is 0 Å². The predicted octanol–water partition coefficient (Wildman–Crippen LogP) is 1.86. The molecule has 5 aliphatic rings. The molecule has 0 amide bonds. The summed E-state index contributed by atoms with van der Waals surface area (Å²) in [4.78, 5) is 4.48. The van der Waals surface area contributed by atoms with Crippen molar-refractivity contribution in [3.63, 3.8) is 0 Å². The van der Waals surface area contributed by atoms with E-state index in [-0.39, 0.29) is 16.2 Å². The molecule has 8 nitrogen and oxygen atoms in total. The molecular weight excluding hydrogens is 376 g/mol. The Labute approximate surface area is 164 Å². The first-order valence-electron chi connectivity index (χ1n) is 10.4. The van der Waals surface area contributed by atoms with E-state index in [1.54, 1.807) is 10.5 Å². The van der Waals surface area contributed by atoms with E-state index in [0.717, 1.165) is 81.6 Å². The van der Waals surface area contributed by atoms with E-state index in [2.05, 4.69) is 24.9 Å². The van der Waals surface area contributed by atoms with Crippen LogP contribution in [-0.4, -0.2) is 56.7 Å². The highest BCUT2D eigenvalue weighted by Crippen LogP contribution is 2.56. The van der Waals surface area contributed by atoms with Gasteiger partial charge in [0.2, 0.25) is 10.0 Å². The summed E-state index contributed by atoms with van der Waals surface area (Å²) in [5.41, 5.74) is 1.81. The Morgan fingerprint density at radius 3 is 2.54 bits per heavy atom. The van der Waals surface area contributed by atoms with Gasteiger partial charge in [-0.1, -0.05) is 0 Å². The molecule has 4 fully saturated rings. The number of hydrogen-bond donors (Lipinski definition) is 1. The Kier molecular flexibility index (Phi) is 3.33. The molecule has 0 spiro atoms. The summed E-state index contributed by atoms with van der Waals surface area (Å²) in [6.45, 7) is 0.902. The first-order valence-corrected chi connectivity index (χ1v) is 11.9. The van der Waals surface area contributed by atoms with Gasteiger partial charge in [0.15, 0.2) is 5.65 Å². The van der Waals surface area contributed by atoms with Crippen molar-refractivity contribution in [2.75, 3.05) is 18.9 Å². The van der Waals surface area contributed by atoms with Crippen LogP contribution >= 0.6 is 0 Å². The minimum Gasteiger partial charge on any atom is -0.368 e. The third kappa shape index (κ3) is 2.14. The molecule has 0 unspecified atom stereocenters. The average Bonchev–Trinajstić information content (AvgIpc) is 3.32. The fourth-order valence-electron chi connectivity index (χ4n) is 5.80. The highest BCUT2D eigenvalue weighted by atomic mass is 32.2. The molecule has 7 rings (SSSR count). The van der Waals surface area contributed by atoms with Crippen molar-refractivity contribution in [3.05, 3.63) is 17.7 Å². The number of nitrogens with one attached hydrogen (secondary N) is 1. The topological polar surface area (TPSA) is 92.5 Å². The number of nitrogens with zero attached hydrogens (tertiary/aromatic N) is 5. The van der Waals surface area contributed by atoms with Gasteiger partial charge in [-0.05, 0) is 51.4 Å². The Bertz CT molecular complexity index is 1050. The van der Waals surface area contributed by atoms with Crippen LogP contribution in [0.1, 0.15) is 62.9 Å². The monoisotopic (exact) mass is 402 g/mol. The maximum absolute atomic E-state index is 12.9. The highest BCUT2D eigenvalue weighted by molar-refractivity contribution is 7.90. The Morgan fingerprint density at radius 2 is 1.86 bits per heavy atom. The van der Waals surface area contributed by atoms with Crippen LogP contribution in [0, 0.1) is 0 Å². The Morgan fingerprint density at radius 1 is 1.14 bits per heavy atom. The molecule has 150 valence electrons. The Hall–Kier alpha value is -1.74. The van der Waals surface area contributed by atoms with E-state index >= 15 is 0 Å². The normalized spacial score (nSPS) is 32.1. The van der Waals surface area contributed by atoms with Crippen molar-refractivity contribution in [2.45, 2.75) is 74.0 Å². The molecule has 0 saturated heterocycles. The van der Waals surface area contributed by atoms with Gasteiger partial charge in [0.1, 0.15) is 11.6 Å². The van der Waals surface area contributed by atoms with Crippen molar-refractivity contribution in [2.24, 2.45) is 0 Å². The van der Waals surface area contributed by atoms with Gasteiger partial charge in [-0.3, -0.25) is 4.40 Å². The van der Waals surface area contributed by atoms with E-state index in [4.69, 9.17) is 0 Å². The second-order valence-corrected chi connectivity index (χ2v) is 11.4. The lowest BCUT2D eigenvalue weighted by Crippen LogP contribution is -2.59. The summed E-state index contributed by atoms with van der Waals surface area (Å²) in [6, 6.07) is 0. The number of aromatic nitrogens is 4. The molecular formula is C19H26N6O2S. The standard InChI is InChI=1S/C19H26N6O2S/c1-24(28(26,27)13-2-3-13)19-8-5-18(6-9-19,7-10-19)17-23-22-15-12-21-16-14(25(15)17)4-11-20-16/h12-13,20H,2-11H2,1H3. The van der Waals surface area contributed by atoms with Gasteiger partial charge in [0.25, 0.3) is 0 Å². The zero-order chi connectivity index (χ0) is 19.1. The van der Waals surface area contributed by atoms with Crippen LogP contribution in [0.3, 0.4) is 0 Å². The maximum Gasteiger partial charge on any atom is 0.217 e. The van der Waals surface area contributed by atoms with Gasteiger partial charge in [0, 0.05) is 31.0 Å². The van der Waals surface area contributed by atoms with Gasteiger partial charge in [0.05, 0.1) is 17.1 Å². The highest BCUT2D eigenvalue weighted by Gasteiger charge is 2.56. The van der Waals surface area contributed by atoms with E-state index in [9.17, 15) is 8.42 Å². The molecule has 0 aromatic carbocycles. The summed E-state index contributed by atoms with van der Waals surface area (Å²) < 4.78 is 29.7. The smallest absolute Gasteiger partial charge is 0.217 e. The summed E-state index contributed by atoms with van der Waals surface area (Å²) in [6.07, 6.45) is 10.1. The lowest BCUT2D eigenvalue weighted by atomic mass is 9.57. The van der Waals surface area contributed by atoms with Gasteiger partial charge in [-0.15, -0.1) is 10.2 Å². The lowest BCUT2D eigenvalue weighted by molar-refractivity contribution is 0.0292. The zero-order valence-electron chi connectivity index (χ0n) is 16.2. The number of anilines is 1. The molecule has 0 atom stereocenters. The minimum atomic E-state index is -3.14. The second kappa shape index (κ2) is 5.44. The zero-order valence-corrected chi connectivity index (χ0v) is 17.0. The van der Waals surface area contributed by atoms with Crippen molar-refractivity contribution in [1.29, 1.82) is 0 Å². The van der Waals surface area contributed by atoms with Crippen molar-refractivity contribution in [3.8, 4) is 0 Å². The predicted molar refractivity (Wildman–Crippen MR) is 105 cm³/mol. The first-order chi connectivity index (χ1) is 13.5. The molecule has 2 aromatic rings. The van der Waals surface area contributed by atoms with E-state index in [0.29, 0.717) is 0 Å². The molecule has 4 saturated carbocycles. The van der Waals surface area contributed by atoms with Gasteiger partial charge in [-0.25, -0.2) is 13.4 Å². The Balaban J connectivity index is 1.36. The molecule has 4 aliphatic carbocycles. The molecule has 2 aromatic heterocycles. The number of hydrogen-bond acceptors (Lipinski definition) is 6. The molecule has 2 bridgehead atoms. The summed E-state index contributed by atoms with van der Waals surface area (Å²) in [5.74, 6) is 2.01. The molecule has 3 heterocycles. The van der Waals surface area contributed by atoms with Crippen LogP contribution in [0.5, 0.6) is 0 Å². The molecule has 1 N–H and O–H groups in total. The van der Waals surface area contributed by atoms with Crippen LogP contribution in [-0.2, 0) is 21.9 Å². The van der Waals surface area contributed by atoms with Gasteiger partial charge in [-0.2, -0.15) is 4.31 Å². The van der Waals surface area contributed by atoms with Crippen LogP contribution in [0.2, 0.25) is 0 Å². The fraction of sp³-hybridized carbons (Fsp3) is 0.737. The van der Waals surface area contributed by atoms with E-state index < -0.39 is 10.0 Å². The van der Waals surface area contributed by atoms with Crippen molar-refractivity contribution < 1.29 is 8.42 Å². The largest absolute Gasteiger partial charge is 0.368 e. The van der Waals surface area contributed by atoms with Crippen LogP contribution in [0.4, 0.5) is 5.82 Å².